The molecule has 0 spiro atoms. The number of likely N-dealkylation sites (tertiary alicyclic amines) is 1. The third-order valence-corrected chi connectivity index (χ3v) is 14.1. The van der Waals surface area contributed by atoms with Crippen LogP contribution in [0.15, 0.2) is 130 Å². The SMILES string of the molecule is COc1cccc(Nc2c(C(N)=O)cnc3c(C)cc(S(=O)(=O)c4cccc(C(=O)N5CCC(c6ccc(CCCCNCC(O)c7ccc(O)c8[nH]c(=O)ccc78)cc6)CC5)c4)cc23)c1. The number of hydrogen-bond acceptors (Lipinski definition) is 11. The molecule has 1 unspecified atom stereocenters. The first-order valence-electron chi connectivity index (χ1n) is 21.9. The number of phenols is 1. The third-order valence-electron chi connectivity index (χ3n) is 12.3. The number of aromatic hydroxyl groups is 1. The van der Waals surface area contributed by atoms with E-state index >= 15 is 0 Å². The number of anilines is 2. The van der Waals surface area contributed by atoms with Crippen LogP contribution in [0.1, 0.15) is 80.7 Å². The van der Waals surface area contributed by atoms with Crippen LogP contribution in [0.3, 0.4) is 0 Å². The summed E-state index contributed by atoms with van der Waals surface area (Å²) in [6, 6.07) is 31.0. The van der Waals surface area contributed by atoms with Gasteiger partial charge < -0.3 is 41.2 Å². The number of aryl methyl sites for hydroxylation is 2. The van der Waals surface area contributed by atoms with Gasteiger partial charge in [-0.25, -0.2) is 8.42 Å². The van der Waals surface area contributed by atoms with Gasteiger partial charge in [0.15, 0.2) is 0 Å². The molecule has 2 amide bonds. The molecule has 0 aliphatic carbocycles. The van der Waals surface area contributed by atoms with Gasteiger partial charge in [0.2, 0.25) is 15.4 Å². The van der Waals surface area contributed by atoms with Gasteiger partial charge in [0.1, 0.15) is 11.5 Å². The van der Waals surface area contributed by atoms with Crippen molar-refractivity contribution in [3.8, 4) is 11.5 Å². The molecule has 3 heterocycles. The molecule has 1 aliphatic heterocycles. The Labute approximate surface area is 382 Å². The predicted molar refractivity (Wildman–Crippen MR) is 254 cm³/mol. The summed E-state index contributed by atoms with van der Waals surface area (Å²) in [5.74, 6) is -0.131. The summed E-state index contributed by atoms with van der Waals surface area (Å²) in [5.41, 5.74) is 11.2. The second-order valence-electron chi connectivity index (χ2n) is 16.7. The van der Waals surface area contributed by atoms with Crippen LogP contribution in [-0.4, -0.2) is 78.6 Å². The van der Waals surface area contributed by atoms with Crippen LogP contribution in [0.25, 0.3) is 21.8 Å². The van der Waals surface area contributed by atoms with E-state index in [0.29, 0.717) is 75.6 Å². The number of aliphatic hydroxyl groups is 1. The highest BCUT2D eigenvalue weighted by atomic mass is 32.2. The van der Waals surface area contributed by atoms with Gasteiger partial charge in [0.05, 0.1) is 45.3 Å². The average molecular weight is 909 g/mol. The molecular weight excluding hydrogens is 857 g/mol. The number of amides is 2. The molecule has 1 fully saturated rings. The third kappa shape index (κ3) is 9.78. The van der Waals surface area contributed by atoms with Crippen LogP contribution in [-0.2, 0) is 16.3 Å². The van der Waals surface area contributed by atoms with E-state index in [1.165, 1.54) is 47.7 Å². The molecule has 66 heavy (non-hydrogen) atoms. The molecule has 0 saturated carbocycles. The van der Waals surface area contributed by atoms with Crippen molar-refractivity contribution in [2.45, 2.75) is 60.8 Å². The summed E-state index contributed by atoms with van der Waals surface area (Å²) in [6.45, 7) is 3.89. The van der Waals surface area contributed by atoms with Crippen molar-refractivity contribution >= 4 is 54.8 Å². The summed E-state index contributed by atoms with van der Waals surface area (Å²) in [7, 11) is -2.60. The Morgan fingerprint density at radius 3 is 2.45 bits per heavy atom. The highest BCUT2D eigenvalue weighted by molar-refractivity contribution is 7.91. The standard InChI is InChI=1S/C51H52N6O8S/c1-31-25-39(28-42-47(31)54-29-43(50(52)61)48(42)55-36-9-6-10-37(27-36)65-2)66(63,64)38-11-5-8-35(26-38)51(62)57-23-20-34(21-24-57)33-14-12-32(13-15-33)7-3-4-22-53-30-45(59)40-16-18-44(58)49-41(40)17-19-46(60)56-49/h5-6,8-19,25-29,34,45,53,58-59H,3-4,7,20-24,30H2,1-2H3,(H2,52,61)(H,54,55)(H,56,60). The monoisotopic (exact) mass is 908 g/mol. The lowest BCUT2D eigenvalue weighted by Gasteiger charge is -2.32. The van der Waals surface area contributed by atoms with Crippen LogP contribution in [0.5, 0.6) is 11.5 Å². The van der Waals surface area contributed by atoms with Crippen LogP contribution >= 0.6 is 0 Å². The molecule has 14 nitrogen and oxygen atoms in total. The summed E-state index contributed by atoms with van der Waals surface area (Å²) in [6.07, 6.45) is 4.94. The quantitative estimate of drug-likeness (QED) is 0.0524. The summed E-state index contributed by atoms with van der Waals surface area (Å²) >= 11 is 0. The average Bonchev–Trinajstić information content (AvgIpc) is 3.33. The number of H-pyrrole nitrogens is 1. The first-order valence-corrected chi connectivity index (χ1v) is 23.4. The van der Waals surface area contributed by atoms with Gasteiger partial charge in [0, 0.05) is 60.0 Å². The van der Waals surface area contributed by atoms with Gasteiger partial charge >= 0.3 is 0 Å². The van der Waals surface area contributed by atoms with Crippen LogP contribution in [0.4, 0.5) is 11.4 Å². The van der Waals surface area contributed by atoms with Gasteiger partial charge in [-0.05, 0) is 128 Å². The number of primary amides is 1. The van der Waals surface area contributed by atoms with E-state index in [1.807, 2.05) is 0 Å². The molecule has 1 atom stereocenters. The number of sulfone groups is 1. The Bertz CT molecular complexity index is 3110. The molecule has 0 bridgehead atoms. The molecule has 7 N–H and O–H groups in total. The minimum Gasteiger partial charge on any atom is -0.506 e. The number of nitrogens with zero attached hydrogens (tertiary/aromatic N) is 2. The fourth-order valence-electron chi connectivity index (χ4n) is 8.73. The zero-order valence-electron chi connectivity index (χ0n) is 36.7. The van der Waals surface area contributed by atoms with Gasteiger partial charge in [-0.15, -0.1) is 0 Å². The highest BCUT2D eigenvalue weighted by Gasteiger charge is 2.27. The Morgan fingerprint density at radius 2 is 1.70 bits per heavy atom. The fourth-order valence-corrected chi connectivity index (χ4v) is 10.2. The lowest BCUT2D eigenvalue weighted by molar-refractivity contribution is 0.0712. The first-order chi connectivity index (χ1) is 31.8. The molecule has 340 valence electrons. The van der Waals surface area contributed by atoms with Gasteiger partial charge in [-0.3, -0.25) is 19.4 Å². The maximum Gasteiger partial charge on any atom is 0.253 e. The smallest absolute Gasteiger partial charge is 0.253 e. The van der Waals surface area contributed by atoms with Crippen molar-refractivity contribution in [3.05, 3.63) is 159 Å². The Morgan fingerprint density at radius 1 is 0.924 bits per heavy atom. The predicted octanol–water partition coefficient (Wildman–Crippen LogP) is 7.44. The maximum absolute atomic E-state index is 14.3. The number of unbranched alkanes of at least 4 members (excludes halogenated alkanes) is 1. The van der Waals surface area contributed by atoms with Crippen molar-refractivity contribution in [2.24, 2.45) is 5.73 Å². The molecule has 2 aromatic heterocycles. The zero-order valence-corrected chi connectivity index (χ0v) is 37.5. The van der Waals surface area contributed by atoms with Gasteiger partial charge in [-0.1, -0.05) is 42.5 Å². The number of aromatic nitrogens is 2. The lowest BCUT2D eigenvalue weighted by Crippen LogP contribution is -2.38. The number of aliphatic hydroxyl groups excluding tert-OH is 1. The molecule has 5 aromatic carbocycles. The molecule has 15 heteroatoms. The van der Waals surface area contributed by atoms with E-state index in [9.17, 15) is 33.0 Å². The van der Waals surface area contributed by atoms with Gasteiger partial charge in [0.25, 0.3) is 11.8 Å². The number of carbonyl (C=O) groups is 2. The number of phenolic OH excluding ortho intramolecular Hbond substituents is 1. The number of fused-ring (bicyclic) bond motifs is 2. The normalized spacial score (nSPS) is 13.8. The van der Waals surface area contributed by atoms with E-state index in [-0.39, 0.29) is 38.1 Å². The number of benzene rings is 5. The molecule has 0 radical (unpaired) electrons. The van der Waals surface area contributed by atoms with Crippen molar-refractivity contribution in [2.75, 3.05) is 38.6 Å². The van der Waals surface area contributed by atoms with Crippen LogP contribution in [0, 0.1) is 6.92 Å². The van der Waals surface area contributed by atoms with Crippen molar-refractivity contribution in [1.29, 1.82) is 0 Å². The number of nitrogens with one attached hydrogen (secondary N) is 3. The van der Waals surface area contributed by atoms with E-state index in [4.69, 9.17) is 10.5 Å². The second kappa shape index (κ2) is 19.6. The molecule has 8 rings (SSSR count). The van der Waals surface area contributed by atoms with Crippen LogP contribution < -0.4 is 26.7 Å². The molecular formula is C51H52N6O8S. The van der Waals surface area contributed by atoms with Crippen LogP contribution in [0.2, 0.25) is 0 Å². The van der Waals surface area contributed by atoms with Crippen molar-refractivity contribution in [3.63, 3.8) is 0 Å². The first kappa shape index (κ1) is 45.5. The number of aromatic amines is 1. The number of nitrogens with two attached hydrogens (primary N) is 1. The Hall–Kier alpha value is -7.07. The summed E-state index contributed by atoms with van der Waals surface area (Å²) < 4.78 is 33.9. The van der Waals surface area contributed by atoms with Crippen molar-refractivity contribution < 1.29 is 33.0 Å². The van der Waals surface area contributed by atoms with E-state index in [1.54, 1.807) is 73.5 Å². The topological polar surface area (TPSA) is 217 Å². The highest BCUT2D eigenvalue weighted by Crippen LogP contribution is 2.36. The number of hydrogen-bond donors (Lipinski definition) is 6. The van der Waals surface area contributed by atoms with Crippen molar-refractivity contribution in [1.82, 2.24) is 20.2 Å². The number of methoxy groups -OCH3 is 1. The van der Waals surface area contributed by atoms with Gasteiger partial charge in [-0.2, -0.15) is 0 Å². The Kier molecular flexibility index (Phi) is 13.5. The number of pyridine rings is 2. The lowest BCUT2D eigenvalue weighted by atomic mass is 9.88. The number of carbonyl (C=O) groups excluding carboxylic acids is 2. The van der Waals surface area contributed by atoms with E-state index in [0.717, 1.165) is 38.6 Å². The minimum atomic E-state index is -4.14. The molecule has 1 aliphatic rings. The largest absolute Gasteiger partial charge is 0.506 e. The van der Waals surface area contributed by atoms with E-state index in [2.05, 4.69) is 44.9 Å². The van der Waals surface area contributed by atoms with E-state index < -0.39 is 21.8 Å². The zero-order chi connectivity index (χ0) is 46.5. The number of rotatable bonds is 16. The Balaban J connectivity index is 0.856. The molecule has 1 saturated heterocycles. The minimum absolute atomic E-state index is 0.0206. The fraction of sp³-hybridized carbons (Fsp3) is 0.255. The summed E-state index contributed by atoms with van der Waals surface area (Å²) in [5, 5.41) is 28.5. The molecule has 7 aromatic rings. The number of piperidine rings is 1. The summed E-state index contributed by atoms with van der Waals surface area (Å²) in [4.78, 5) is 47.0. The number of ether oxygens (including phenoxy) is 1. The maximum atomic E-state index is 14.3. The second-order valence-corrected chi connectivity index (χ2v) is 18.7.